The van der Waals surface area contributed by atoms with Crippen LogP contribution in [0.3, 0.4) is 0 Å². The second kappa shape index (κ2) is 11.1. The Morgan fingerprint density at radius 1 is 1.12 bits per heavy atom. The van der Waals surface area contributed by atoms with Gasteiger partial charge in [0.2, 0.25) is 0 Å². The van der Waals surface area contributed by atoms with Crippen LogP contribution in [-0.4, -0.2) is 54.7 Å². The van der Waals surface area contributed by atoms with Gasteiger partial charge in [-0.05, 0) is 48.9 Å². The van der Waals surface area contributed by atoms with Crippen LogP contribution in [0.2, 0.25) is 0 Å². The van der Waals surface area contributed by atoms with Crippen molar-refractivity contribution in [1.29, 1.82) is 5.26 Å². The Kier molecular flexibility index (Phi) is 8.00. The third kappa shape index (κ3) is 6.43. The molecule has 1 aliphatic rings. The number of rotatable bonds is 6. The molecule has 8 nitrogen and oxygen atoms in total. The number of nitrogens with zero attached hydrogens (tertiary/aromatic N) is 3. The van der Waals surface area contributed by atoms with Crippen LogP contribution in [0, 0.1) is 17.1 Å². The molecule has 2 N–H and O–H groups in total. The van der Waals surface area contributed by atoms with Gasteiger partial charge in [0.1, 0.15) is 5.82 Å². The first-order valence-electron chi connectivity index (χ1n) is 10.4. The molecule has 3 amide bonds. The number of nitriles is 1. The molecule has 0 spiro atoms. The van der Waals surface area contributed by atoms with Crippen LogP contribution in [0.1, 0.15) is 23.6 Å². The minimum Gasteiger partial charge on any atom is -0.450 e. The highest BCUT2D eigenvalue weighted by Crippen LogP contribution is 2.15. The largest absolute Gasteiger partial charge is 0.450 e. The summed E-state index contributed by atoms with van der Waals surface area (Å²) in [5.74, 6) is -0.389. The number of anilines is 1. The molecule has 0 saturated carbocycles. The summed E-state index contributed by atoms with van der Waals surface area (Å²) in [7, 11) is 0. The molecule has 2 aromatic rings. The molecule has 0 aliphatic carbocycles. The molecule has 1 fully saturated rings. The van der Waals surface area contributed by atoms with E-state index in [-0.39, 0.29) is 18.5 Å². The molecule has 0 radical (unpaired) electrons. The molecule has 1 saturated heterocycles. The van der Waals surface area contributed by atoms with Crippen molar-refractivity contribution >= 4 is 17.8 Å². The normalized spacial score (nSPS) is 13.8. The van der Waals surface area contributed by atoms with E-state index in [0.717, 1.165) is 5.56 Å². The van der Waals surface area contributed by atoms with Crippen molar-refractivity contribution in [3.8, 4) is 6.07 Å². The van der Waals surface area contributed by atoms with Gasteiger partial charge in [-0.15, -0.1) is 0 Å². The van der Waals surface area contributed by atoms with Crippen LogP contribution in [0.4, 0.5) is 19.7 Å². The second-order valence-electron chi connectivity index (χ2n) is 7.38. The predicted octanol–water partition coefficient (Wildman–Crippen LogP) is 3.29. The molecular formula is C23H26FN5O3. The minimum absolute atomic E-state index is 0.0401. The summed E-state index contributed by atoms with van der Waals surface area (Å²) in [5, 5.41) is 14.1. The zero-order chi connectivity index (χ0) is 22.9. The van der Waals surface area contributed by atoms with Crippen LogP contribution in [0.25, 0.3) is 0 Å². The molecule has 32 heavy (non-hydrogen) atoms. The van der Waals surface area contributed by atoms with Crippen LogP contribution in [0.5, 0.6) is 0 Å². The van der Waals surface area contributed by atoms with E-state index < -0.39 is 6.03 Å². The fraction of sp³-hybridized carbons (Fsp3) is 0.348. The van der Waals surface area contributed by atoms with Gasteiger partial charge in [0.15, 0.2) is 0 Å². The van der Waals surface area contributed by atoms with Crippen LogP contribution in [0.15, 0.2) is 42.5 Å². The summed E-state index contributed by atoms with van der Waals surface area (Å²) in [6.45, 7) is 5.39. The van der Waals surface area contributed by atoms with E-state index in [2.05, 4.69) is 15.5 Å². The average Bonchev–Trinajstić information content (AvgIpc) is 2.80. The Balaban J connectivity index is 1.50. The third-order valence-electron chi connectivity index (χ3n) is 5.13. The SMILES string of the molecule is CCOC(=O)N1CCN(Cc2ccc(F)c(CNC(=O)Nc3ccc(C#N)cc3)c2)CC1. The van der Waals surface area contributed by atoms with Gasteiger partial charge in [-0.25, -0.2) is 14.0 Å². The summed E-state index contributed by atoms with van der Waals surface area (Å²) in [6.07, 6.45) is -0.290. The first-order chi connectivity index (χ1) is 15.5. The van der Waals surface area contributed by atoms with Gasteiger partial charge in [-0.3, -0.25) is 4.90 Å². The van der Waals surface area contributed by atoms with Crippen molar-refractivity contribution in [2.45, 2.75) is 20.0 Å². The van der Waals surface area contributed by atoms with Gasteiger partial charge in [-0.1, -0.05) is 6.07 Å². The maximum Gasteiger partial charge on any atom is 0.409 e. The van der Waals surface area contributed by atoms with Gasteiger partial charge >= 0.3 is 12.1 Å². The standard InChI is InChI=1S/C23H26FN5O3/c1-2-32-23(31)29-11-9-28(10-12-29)16-18-5-8-21(24)19(13-18)15-26-22(30)27-20-6-3-17(14-25)4-7-20/h3-8,13H,2,9-12,15-16H2,1H3,(H2,26,27,30). The van der Waals surface area contributed by atoms with Crippen LogP contribution >= 0.6 is 0 Å². The van der Waals surface area contributed by atoms with Crippen molar-refractivity contribution in [2.24, 2.45) is 0 Å². The molecule has 1 heterocycles. The number of urea groups is 1. The monoisotopic (exact) mass is 439 g/mol. The minimum atomic E-state index is -0.463. The Bertz CT molecular complexity index is 982. The summed E-state index contributed by atoms with van der Waals surface area (Å²) in [6, 6.07) is 12.9. The van der Waals surface area contributed by atoms with Crippen LogP contribution in [-0.2, 0) is 17.8 Å². The first kappa shape index (κ1) is 23.0. The van der Waals surface area contributed by atoms with Gasteiger partial charge in [0, 0.05) is 50.5 Å². The van der Waals surface area contributed by atoms with Crippen molar-refractivity contribution in [3.63, 3.8) is 0 Å². The molecule has 0 atom stereocenters. The fourth-order valence-electron chi connectivity index (χ4n) is 3.40. The van der Waals surface area contributed by atoms with E-state index in [1.54, 1.807) is 48.2 Å². The molecule has 0 aromatic heterocycles. The van der Waals surface area contributed by atoms with E-state index in [1.807, 2.05) is 6.07 Å². The summed E-state index contributed by atoms with van der Waals surface area (Å²) in [4.78, 5) is 27.8. The van der Waals surface area contributed by atoms with E-state index >= 15 is 0 Å². The number of benzene rings is 2. The van der Waals surface area contributed by atoms with E-state index in [1.165, 1.54) is 6.07 Å². The summed E-state index contributed by atoms with van der Waals surface area (Å²) < 4.78 is 19.3. The fourth-order valence-corrected chi connectivity index (χ4v) is 3.40. The Morgan fingerprint density at radius 2 is 1.84 bits per heavy atom. The van der Waals surface area contributed by atoms with Crippen LogP contribution < -0.4 is 10.6 Å². The smallest absolute Gasteiger partial charge is 0.409 e. The Labute approximate surface area is 186 Å². The highest BCUT2D eigenvalue weighted by atomic mass is 19.1. The van der Waals surface area contributed by atoms with Gasteiger partial charge in [0.25, 0.3) is 0 Å². The lowest BCUT2D eigenvalue weighted by Gasteiger charge is -2.34. The zero-order valence-corrected chi connectivity index (χ0v) is 17.9. The molecular weight excluding hydrogens is 413 g/mol. The Hall–Kier alpha value is -3.64. The molecule has 9 heteroatoms. The number of nitrogens with one attached hydrogen (secondary N) is 2. The Morgan fingerprint density at radius 3 is 2.50 bits per heavy atom. The predicted molar refractivity (Wildman–Crippen MR) is 117 cm³/mol. The zero-order valence-electron chi connectivity index (χ0n) is 17.9. The highest BCUT2D eigenvalue weighted by molar-refractivity contribution is 5.89. The lowest BCUT2D eigenvalue weighted by atomic mass is 10.1. The van der Waals surface area contributed by atoms with E-state index in [0.29, 0.717) is 56.1 Å². The van der Waals surface area contributed by atoms with Gasteiger partial charge in [0.05, 0.1) is 18.2 Å². The quantitative estimate of drug-likeness (QED) is 0.720. The molecule has 2 aromatic carbocycles. The highest BCUT2D eigenvalue weighted by Gasteiger charge is 2.22. The lowest BCUT2D eigenvalue weighted by molar-refractivity contribution is 0.0778. The summed E-state index contributed by atoms with van der Waals surface area (Å²) >= 11 is 0. The van der Waals surface area contributed by atoms with Crippen molar-refractivity contribution in [1.82, 2.24) is 15.1 Å². The number of amides is 3. The lowest BCUT2D eigenvalue weighted by Crippen LogP contribution is -2.48. The van der Waals surface area contributed by atoms with E-state index in [4.69, 9.17) is 10.00 Å². The molecule has 168 valence electrons. The van der Waals surface area contributed by atoms with Crippen molar-refractivity contribution < 1.29 is 18.7 Å². The molecule has 0 unspecified atom stereocenters. The maximum absolute atomic E-state index is 14.2. The number of carbonyl (C=O) groups is 2. The topological polar surface area (TPSA) is 97.7 Å². The third-order valence-corrected chi connectivity index (χ3v) is 5.13. The number of hydrogen-bond acceptors (Lipinski definition) is 5. The first-order valence-corrected chi connectivity index (χ1v) is 10.4. The van der Waals surface area contributed by atoms with E-state index in [9.17, 15) is 14.0 Å². The number of hydrogen-bond donors (Lipinski definition) is 2. The molecule has 0 bridgehead atoms. The average molecular weight is 439 g/mol. The van der Waals surface area contributed by atoms with Crippen molar-refractivity contribution in [2.75, 3.05) is 38.1 Å². The summed E-state index contributed by atoms with van der Waals surface area (Å²) in [5.41, 5.74) is 2.36. The molecule has 3 rings (SSSR count). The number of carbonyl (C=O) groups excluding carboxylic acids is 2. The molecule has 1 aliphatic heterocycles. The number of ether oxygens (including phenoxy) is 1. The second-order valence-corrected chi connectivity index (χ2v) is 7.38. The van der Waals surface area contributed by atoms with Gasteiger partial charge in [-0.2, -0.15) is 5.26 Å². The van der Waals surface area contributed by atoms with Crippen molar-refractivity contribution in [3.05, 3.63) is 65.0 Å². The van der Waals surface area contributed by atoms with Gasteiger partial charge < -0.3 is 20.3 Å². The maximum atomic E-state index is 14.2. The number of halogens is 1. The number of piperazine rings is 1.